The smallest absolute Gasteiger partial charge is 0.264 e. The summed E-state index contributed by atoms with van der Waals surface area (Å²) < 4.78 is 35.2. The highest BCUT2D eigenvalue weighted by Crippen LogP contribution is 2.27. The van der Waals surface area contributed by atoms with Gasteiger partial charge in [0.15, 0.2) is 0 Å². The highest BCUT2D eigenvalue weighted by molar-refractivity contribution is 9.10. The number of sulfonamides is 1. The standard InChI is InChI=1S/C31H36BrN3O5S/c1-3-40-28-18-16-27(17-19-28)35(41(38,39)29-14-5-4-6-15-29)22-30(36)34(21-24-10-9-11-25(32)20-24)23(2)31(37)33-26-12-7-8-13-26/h4-6,9-11,14-20,23,26H,3,7-8,12-13,21-22H2,1-2H3,(H,33,37). The van der Waals surface area contributed by atoms with Crippen molar-refractivity contribution in [2.24, 2.45) is 0 Å². The molecule has 0 spiro atoms. The molecule has 3 aromatic rings. The summed E-state index contributed by atoms with van der Waals surface area (Å²) in [5, 5.41) is 3.08. The SMILES string of the molecule is CCOc1ccc(N(CC(=O)N(Cc2cccc(Br)c2)C(C)C(=O)NC2CCCC2)S(=O)(=O)c2ccccc2)cc1. The molecule has 10 heteroatoms. The maximum Gasteiger partial charge on any atom is 0.264 e. The van der Waals surface area contributed by atoms with Gasteiger partial charge in [0.05, 0.1) is 17.2 Å². The molecule has 0 bridgehead atoms. The molecule has 0 aromatic heterocycles. The highest BCUT2D eigenvalue weighted by Gasteiger charge is 2.33. The van der Waals surface area contributed by atoms with E-state index >= 15 is 0 Å². The van der Waals surface area contributed by atoms with E-state index in [2.05, 4.69) is 21.2 Å². The van der Waals surface area contributed by atoms with Gasteiger partial charge in [-0.05, 0) is 80.8 Å². The number of nitrogens with zero attached hydrogens (tertiary/aromatic N) is 2. The van der Waals surface area contributed by atoms with Crippen molar-refractivity contribution in [2.75, 3.05) is 17.5 Å². The van der Waals surface area contributed by atoms with E-state index in [1.807, 2.05) is 31.2 Å². The van der Waals surface area contributed by atoms with Crippen LogP contribution in [0.25, 0.3) is 0 Å². The molecule has 1 unspecified atom stereocenters. The number of benzene rings is 3. The number of anilines is 1. The number of amides is 2. The molecule has 41 heavy (non-hydrogen) atoms. The van der Waals surface area contributed by atoms with E-state index in [0.29, 0.717) is 18.0 Å². The van der Waals surface area contributed by atoms with Crippen LogP contribution < -0.4 is 14.4 Å². The van der Waals surface area contributed by atoms with Crippen molar-refractivity contribution < 1.29 is 22.7 Å². The van der Waals surface area contributed by atoms with Crippen LogP contribution in [0.3, 0.4) is 0 Å². The minimum Gasteiger partial charge on any atom is -0.494 e. The molecule has 8 nitrogen and oxygen atoms in total. The van der Waals surface area contributed by atoms with Crippen LogP contribution in [0.15, 0.2) is 88.2 Å². The first-order chi connectivity index (χ1) is 19.7. The number of hydrogen-bond donors (Lipinski definition) is 1. The van der Waals surface area contributed by atoms with Gasteiger partial charge in [0.2, 0.25) is 11.8 Å². The fourth-order valence-corrected chi connectivity index (χ4v) is 6.81. The second-order valence-corrected chi connectivity index (χ2v) is 12.8. The number of carbonyl (C=O) groups is 2. The molecule has 1 aliphatic rings. The van der Waals surface area contributed by atoms with Gasteiger partial charge in [-0.3, -0.25) is 13.9 Å². The topological polar surface area (TPSA) is 96.0 Å². The van der Waals surface area contributed by atoms with Gasteiger partial charge in [0, 0.05) is 17.1 Å². The van der Waals surface area contributed by atoms with Crippen molar-refractivity contribution in [3.05, 3.63) is 88.9 Å². The van der Waals surface area contributed by atoms with Crippen LogP contribution in [0, 0.1) is 0 Å². The fourth-order valence-electron chi connectivity index (χ4n) is 4.93. The fraction of sp³-hybridized carbons (Fsp3) is 0.355. The van der Waals surface area contributed by atoms with Crippen LogP contribution in [0.4, 0.5) is 5.69 Å². The molecule has 1 fully saturated rings. The van der Waals surface area contributed by atoms with Gasteiger partial charge >= 0.3 is 0 Å². The minimum atomic E-state index is -4.12. The predicted molar refractivity (Wildman–Crippen MR) is 163 cm³/mol. The quantitative estimate of drug-likeness (QED) is 0.281. The Morgan fingerprint density at radius 3 is 2.32 bits per heavy atom. The number of nitrogens with one attached hydrogen (secondary N) is 1. The van der Waals surface area contributed by atoms with Gasteiger partial charge in [-0.15, -0.1) is 0 Å². The lowest BCUT2D eigenvalue weighted by atomic mass is 10.1. The van der Waals surface area contributed by atoms with Crippen molar-refractivity contribution in [1.82, 2.24) is 10.2 Å². The van der Waals surface area contributed by atoms with Gasteiger partial charge in [-0.2, -0.15) is 0 Å². The van der Waals surface area contributed by atoms with Crippen molar-refractivity contribution in [3.8, 4) is 5.75 Å². The lowest BCUT2D eigenvalue weighted by molar-refractivity contribution is -0.139. The summed E-state index contributed by atoms with van der Waals surface area (Å²) in [5.41, 5.74) is 1.13. The summed E-state index contributed by atoms with van der Waals surface area (Å²) in [7, 11) is -4.12. The summed E-state index contributed by atoms with van der Waals surface area (Å²) in [6.07, 6.45) is 3.96. The molecule has 0 heterocycles. The van der Waals surface area contributed by atoms with Crippen LogP contribution >= 0.6 is 15.9 Å². The molecule has 0 aliphatic heterocycles. The molecule has 1 N–H and O–H groups in total. The Morgan fingerprint density at radius 1 is 1.00 bits per heavy atom. The largest absolute Gasteiger partial charge is 0.494 e. The molecular weight excluding hydrogens is 606 g/mol. The van der Waals surface area contributed by atoms with E-state index in [1.54, 1.807) is 49.4 Å². The number of halogens is 1. The Bertz CT molecular complexity index is 1430. The van der Waals surface area contributed by atoms with Crippen molar-refractivity contribution >= 4 is 43.5 Å². The number of carbonyl (C=O) groups excluding carboxylic acids is 2. The summed E-state index contributed by atoms with van der Waals surface area (Å²) in [6, 6.07) is 21.4. The van der Waals surface area contributed by atoms with E-state index in [-0.39, 0.29) is 23.4 Å². The molecule has 1 aliphatic carbocycles. The number of rotatable bonds is 12. The molecule has 2 amide bonds. The summed E-state index contributed by atoms with van der Waals surface area (Å²) >= 11 is 3.47. The first-order valence-corrected chi connectivity index (χ1v) is 16.1. The molecular formula is C31H36BrN3O5S. The third kappa shape index (κ3) is 7.89. The molecule has 3 aromatic carbocycles. The van der Waals surface area contributed by atoms with E-state index < -0.39 is 28.5 Å². The lowest BCUT2D eigenvalue weighted by Crippen LogP contribution is -2.52. The number of hydrogen-bond acceptors (Lipinski definition) is 5. The van der Waals surface area contributed by atoms with Crippen molar-refractivity contribution in [2.45, 2.75) is 63.1 Å². The van der Waals surface area contributed by atoms with Gasteiger partial charge in [0.25, 0.3) is 10.0 Å². The average molecular weight is 643 g/mol. The molecule has 0 saturated heterocycles. The van der Waals surface area contributed by atoms with Crippen LogP contribution in [0.5, 0.6) is 5.75 Å². The molecule has 4 rings (SSSR count). The van der Waals surface area contributed by atoms with E-state index in [4.69, 9.17) is 4.74 Å². The van der Waals surface area contributed by atoms with Gasteiger partial charge in [-0.1, -0.05) is 59.1 Å². The zero-order chi connectivity index (χ0) is 29.4. The first kappa shape index (κ1) is 30.6. The predicted octanol–water partition coefficient (Wildman–Crippen LogP) is 5.52. The Morgan fingerprint density at radius 2 is 1.68 bits per heavy atom. The molecule has 1 saturated carbocycles. The maximum absolute atomic E-state index is 14.1. The van der Waals surface area contributed by atoms with Gasteiger partial charge in [-0.25, -0.2) is 8.42 Å². The molecule has 0 radical (unpaired) electrons. The van der Waals surface area contributed by atoms with Crippen molar-refractivity contribution in [3.63, 3.8) is 0 Å². The first-order valence-electron chi connectivity index (χ1n) is 13.8. The Kier molecular flexibility index (Phi) is 10.4. The monoisotopic (exact) mass is 641 g/mol. The van der Waals surface area contributed by atoms with Crippen molar-refractivity contribution in [1.29, 1.82) is 0 Å². The van der Waals surface area contributed by atoms with E-state index in [0.717, 1.165) is 40.0 Å². The Balaban J connectivity index is 1.67. The minimum absolute atomic E-state index is 0.0623. The third-order valence-electron chi connectivity index (χ3n) is 7.16. The molecule has 218 valence electrons. The van der Waals surface area contributed by atoms with Crippen LogP contribution in [-0.2, 0) is 26.2 Å². The van der Waals surface area contributed by atoms with E-state index in [1.165, 1.54) is 17.0 Å². The second-order valence-electron chi connectivity index (χ2n) is 10.1. The summed E-state index contributed by atoms with van der Waals surface area (Å²) in [4.78, 5) is 28.9. The summed E-state index contributed by atoms with van der Waals surface area (Å²) in [5.74, 6) is -0.153. The van der Waals surface area contributed by atoms with Gasteiger partial charge in [0.1, 0.15) is 18.3 Å². The number of ether oxygens (including phenoxy) is 1. The Hall–Kier alpha value is -3.37. The lowest BCUT2D eigenvalue weighted by Gasteiger charge is -2.32. The maximum atomic E-state index is 14.1. The van der Waals surface area contributed by atoms with Crippen LogP contribution in [-0.4, -0.2) is 50.4 Å². The molecule has 1 atom stereocenters. The van der Waals surface area contributed by atoms with Crippen LogP contribution in [0.1, 0.15) is 45.1 Å². The Labute approximate surface area is 250 Å². The summed E-state index contributed by atoms with van der Waals surface area (Å²) in [6.45, 7) is 3.67. The normalized spacial score (nSPS) is 14.3. The van der Waals surface area contributed by atoms with Crippen LogP contribution in [0.2, 0.25) is 0 Å². The zero-order valence-electron chi connectivity index (χ0n) is 23.3. The third-order valence-corrected chi connectivity index (χ3v) is 9.44. The zero-order valence-corrected chi connectivity index (χ0v) is 25.7. The highest BCUT2D eigenvalue weighted by atomic mass is 79.9. The van der Waals surface area contributed by atoms with E-state index in [9.17, 15) is 18.0 Å². The van der Waals surface area contributed by atoms with Gasteiger partial charge < -0.3 is 15.0 Å². The second kappa shape index (κ2) is 14.0. The average Bonchev–Trinajstić information content (AvgIpc) is 3.48.